The van der Waals surface area contributed by atoms with Gasteiger partial charge in [0.1, 0.15) is 12.2 Å². The maximum absolute atomic E-state index is 13.2. The van der Waals surface area contributed by atoms with Crippen LogP contribution in [0.5, 0.6) is 0 Å². The summed E-state index contributed by atoms with van der Waals surface area (Å²) >= 11 is 12.2. The molecule has 0 bridgehead atoms. The third kappa shape index (κ3) is 4.82. The SMILES string of the molecule is CN1C(=O)[C@H](CCN2CCOCC2)O[C@@H](c2ccc(Cl)cc2)[C@H]1c1ccc(Cl)cc1. The molecule has 4 rings (SSSR count). The van der Waals surface area contributed by atoms with Crippen molar-refractivity contribution < 1.29 is 14.3 Å². The quantitative estimate of drug-likeness (QED) is 0.681. The molecule has 2 saturated heterocycles. The van der Waals surface area contributed by atoms with Crippen LogP contribution in [0.2, 0.25) is 10.0 Å². The average molecular weight is 449 g/mol. The number of morpholine rings is 2. The summed E-state index contributed by atoms with van der Waals surface area (Å²) < 4.78 is 11.9. The van der Waals surface area contributed by atoms with Gasteiger partial charge in [0.05, 0.1) is 19.3 Å². The molecule has 2 aliphatic rings. The van der Waals surface area contributed by atoms with Gasteiger partial charge in [-0.25, -0.2) is 0 Å². The van der Waals surface area contributed by atoms with Crippen molar-refractivity contribution in [1.29, 1.82) is 0 Å². The summed E-state index contributed by atoms with van der Waals surface area (Å²) in [6.45, 7) is 4.08. The Hall–Kier alpha value is -1.63. The van der Waals surface area contributed by atoms with Gasteiger partial charge in [0, 0.05) is 36.7 Å². The summed E-state index contributed by atoms with van der Waals surface area (Å²) in [7, 11) is 1.86. The van der Waals surface area contributed by atoms with Crippen molar-refractivity contribution in [1.82, 2.24) is 9.80 Å². The Morgan fingerprint density at radius 2 is 1.50 bits per heavy atom. The van der Waals surface area contributed by atoms with Gasteiger partial charge in [-0.3, -0.25) is 9.69 Å². The summed E-state index contributed by atoms with van der Waals surface area (Å²) in [4.78, 5) is 17.3. The van der Waals surface area contributed by atoms with Crippen LogP contribution in [0.25, 0.3) is 0 Å². The van der Waals surface area contributed by atoms with E-state index in [9.17, 15) is 4.79 Å². The molecule has 0 aliphatic carbocycles. The molecule has 2 aromatic carbocycles. The zero-order valence-electron chi connectivity index (χ0n) is 17.0. The van der Waals surface area contributed by atoms with Gasteiger partial charge in [-0.15, -0.1) is 0 Å². The molecule has 0 spiro atoms. The first-order valence-electron chi connectivity index (χ1n) is 10.3. The number of rotatable bonds is 5. The second kappa shape index (κ2) is 9.67. The number of carbonyl (C=O) groups excluding carboxylic acids is 1. The van der Waals surface area contributed by atoms with Crippen molar-refractivity contribution in [2.75, 3.05) is 39.9 Å². The number of ether oxygens (including phenoxy) is 2. The van der Waals surface area contributed by atoms with E-state index in [4.69, 9.17) is 32.7 Å². The van der Waals surface area contributed by atoms with E-state index in [1.165, 1.54) is 0 Å². The van der Waals surface area contributed by atoms with E-state index in [1.807, 2.05) is 60.5 Å². The maximum Gasteiger partial charge on any atom is 0.252 e. The largest absolute Gasteiger partial charge is 0.379 e. The predicted molar refractivity (Wildman–Crippen MR) is 118 cm³/mol. The Kier molecular flexibility index (Phi) is 6.96. The molecule has 30 heavy (non-hydrogen) atoms. The van der Waals surface area contributed by atoms with Crippen LogP contribution in [0.3, 0.4) is 0 Å². The summed E-state index contributed by atoms with van der Waals surface area (Å²) in [5.41, 5.74) is 1.98. The Labute approximate surface area is 187 Å². The molecule has 0 aromatic heterocycles. The maximum atomic E-state index is 13.2. The molecular weight excluding hydrogens is 423 g/mol. The highest BCUT2D eigenvalue weighted by molar-refractivity contribution is 6.30. The molecule has 7 heteroatoms. The van der Waals surface area contributed by atoms with Gasteiger partial charge >= 0.3 is 0 Å². The van der Waals surface area contributed by atoms with E-state index in [2.05, 4.69) is 4.90 Å². The molecule has 0 N–H and O–H groups in total. The van der Waals surface area contributed by atoms with Crippen molar-refractivity contribution in [2.24, 2.45) is 0 Å². The summed E-state index contributed by atoms with van der Waals surface area (Å²) in [6.07, 6.45) is -0.122. The smallest absolute Gasteiger partial charge is 0.252 e. The molecule has 0 saturated carbocycles. The molecule has 2 fully saturated rings. The first kappa shape index (κ1) is 21.6. The predicted octanol–water partition coefficient (Wildman–Crippen LogP) is 4.36. The zero-order chi connectivity index (χ0) is 21.1. The zero-order valence-corrected chi connectivity index (χ0v) is 18.5. The van der Waals surface area contributed by atoms with Gasteiger partial charge in [-0.2, -0.15) is 0 Å². The second-order valence-electron chi connectivity index (χ2n) is 7.79. The molecule has 0 unspecified atom stereocenters. The third-order valence-corrected chi connectivity index (χ3v) is 6.36. The Bertz CT molecular complexity index is 854. The van der Waals surface area contributed by atoms with Crippen LogP contribution < -0.4 is 0 Å². The lowest BCUT2D eigenvalue weighted by atomic mass is 9.91. The molecule has 5 nitrogen and oxygen atoms in total. The van der Waals surface area contributed by atoms with Gasteiger partial charge in [-0.1, -0.05) is 47.5 Å². The van der Waals surface area contributed by atoms with Gasteiger partial charge in [0.15, 0.2) is 0 Å². The average Bonchev–Trinajstić information content (AvgIpc) is 2.77. The lowest BCUT2D eigenvalue weighted by Gasteiger charge is -2.43. The molecule has 2 aliphatic heterocycles. The van der Waals surface area contributed by atoms with E-state index >= 15 is 0 Å². The molecule has 0 radical (unpaired) electrons. The van der Waals surface area contributed by atoms with Crippen molar-refractivity contribution in [3.8, 4) is 0 Å². The van der Waals surface area contributed by atoms with Gasteiger partial charge in [0.25, 0.3) is 5.91 Å². The fourth-order valence-electron chi connectivity index (χ4n) is 4.16. The van der Waals surface area contributed by atoms with Crippen molar-refractivity contribution in [3.05, 3.63) is 69.7 Å². The van der Waals surface area contributed by atoms with Gasteiger partial charge < -0.3 is 14.4 Å². The first-order chi connectivity index (χ1) is 14.5. The van der Waals surface area contributed by atoms with Crippen molar-refractivity contribution in [3.63, 3.8) is 0 Å². The third-order valence-electron chi connectivity index (χ3n) is 5.86. The van der Waals surface area contributed by atoms with Crippen LogP contribution in [-0.4, -0.2) is 61.7 Å². The fraction of sp³-hybridized carbons (Fsp3) is 0.435. The molecule has 2 heterocycles. The Balaban J connectivity index is 1.59. The van der Waals surface area contributed by atoms with E-state index in [0.29, 0.717) is 16.5 Å². The van der Waals surface area contributed by atoms with Crippen LogP contribution in [0.1, 0.15) is 29.7 Å². The topological polar surface area (TPSA) is 42.0 Å². The summed E-state index contributed by atoms with van der Waals surface area (Å²) in [5, 5.41) is 1.33. The van der Waals surface area contributed by atoms with Crippen LogP contribution in [-0.2, 0) is 14.3 Å². The molecular formula is C23H26Cl2N2O3. The van der Waals surface area contributed by atoms with Crippen LogP contribution >= 0.6 is 23.2 Å². The lowest BCUT2D eigenvalue weighted by Crippen LogP contribution is -2.50. The highest BCUT2D eigenvalue weighted by Gasteiger charge is 2.42. The number of likely N-dealkylation sites (N-methyl/N-ethyl adjacent to an activating group) is 1. The first-order valence-corrected chi connectivity index (χ1v) is 11.0. The number of hydrogen-bond donors (Lipinski definition) is 0. The fourth-order valence-corrected chi connectivity index (χ4v) is 4.42. The van der Waals surface area contributed by atoms with E-state index in [-0.39, 0.29) is 18.1 Å². The Morgan fingerprint density at radius 3 is 2.10 bits per heavy atom. The van der Waals surface area contributed by atoms with Crippen molar-refractivity contribution in [2.45, 2.75) is 24.7 Å². The molecule has 2 aromatic rings. The second-order valence-corrected chi connectivity index (χ2v) is 8.66. The number of carbonyl (C=O) groups is 1. The minimum atomic E-state index is -0.484. The molecule has 1 amide bonds. The highest BCUT2D eigenvalue weighted by Crippen LogP contribution is 2.42. The monoisotopic (exact) mass is 448 g/mol. The minimum absolute atomic E-state index is 0.00780. The minimum Gasteiger partial charge on any atom is -0.379 e. The summed E-state index contributed by atoms with van der Waals surface area (Å²) in [5.74, 6) is 0.00780. The number of amides is 1. The van der Waals surface area contributed by atoms with Gasteiger partial charge in [-0.05, 0) is 41.8 Å². The number of nitrogens with zero attached hydrogens (tertiary/aromatic N) is 2. The van der Waals surface area contributed by atoms with Crippen LogP contribution in [0, 0.1) is 0 Å². The van der Waals surface area contributed by atoms with E-state index in [0.717, 1.165) is 44.0 Å². The standard InChI is InChI=1S/C23H26Cl2N2O3/c1-26-21(16-2-6-18(24)7-3-16)22(17-4-8-19(25)9-5-17)30-20(23(26)28)10-11-27-12-14-29-15-13-27/h2-9,20-22H,10-15H2,1H3/t20-,21+,22-/m0/s1. The summed E-state index contributed by atoms with van der Waals surface area (Å²) in [6, 6.07) is 15.0. The highest BCUT2D eigenvalue weighted by atomic mass is 35.5. The van der Waals surface area contributed by atoms with Crippen molar-refractivity contribution >= 4 is 29.1 Å². The van der Waals surface area contributed by atoms with Gasteiger partial charge in [0.2, 0.25) is 0 Å². The number of hydrogen-bond acceptors (Lipinski definition) is 4. The normalized spacial score (nSPS) is 25.5. The van der Waals surface area contributed by atoms with Crippen LogP contribution in [0.15, 0.2) is 48.5 Å². The van der Waals surface area contributed by atoms with E-state index < -0.39 is 6.10 Å². The van der Waals surface area contributed by atoms with E-state index in [1.54, 1.807) is 0 Å². The van der Waals surface area contributed by atoms with Crippen LogP contribution in [0.4, 0.5) is 0 Å². The Morgan fingerprint density at radius 1 is 0.933 bits per heavy atom. The number of benzene rings is 2. The lowest BCUT2D eigenvalue weighted by molar-refractivity contribution is -0.172. The molecule has 160 valence electrons. The number of halogens is 2. The molecule has 3 atom stereocenters.